The van der Waals surface area contributed by atoms with Gasteiger partial charge < -0.3 is 10.3 Å². The van der Waals surface area contributed by atoms with E-state index in [2.05, 4.69) is 24.0 Å². The van der Waals surface area contributed by atoms with Gasteiger partial charge in [-0.2, -0.15) is 4.98 Å². The van der Waals surface area contributed by atoms with Gasteiger partial charge in [0.15, 0.2) is 0 Å². The molecule has 0 saturated heterocycles. The fraction of sp³-hybridized carbons (Fsp3) is 0.429. The molecular formula is C14H18FN3O. The molecular weight excluding hydrogens is 245 g/mol. The van der Waals surface area contributed by atoms with Crippen LogP contribution in [0.5, 0.6) is 0 Å². The first kappa shape index (κ1) is 13.7. The van der Waals surface area contributed by atoms with Crippen molar-refractivity contribution in [2.75, 3.05) is 6.54 Å². The van der Waals surface area contributed by atoms with Crippen LogP contribution < -0.4 is 5.73 Å². The van der Waals surface area contributed by atoms with Gasteiger partial charge in [-0.1, -0.05) is 19.0 Å². The first-order valence-corrected chi connectivity index (χ1v) is 6.33. The van der Waals surface area contributed by atoms with Crippen molar-refractivity contribution >= 4 is 0 Å². The maximum absolute atomic E-state index is 13.2. The summed E-state index contributed by atoms with van der Waals surface area (Å²) < 4.78 is 18.5. The normalized spacial score (nSPS) is 12.9. The minimum atomic E-state index is -0.241. The van der Waals surface area contributed by atoms with Gasteiger partial charge >= 0.3 is 0 Å². The summed E-state index contributed by atoms with van der Waals surface area (Å²) in [6.45, 7) is 6.28. The van der Waals surface area contributed by atoms with Crippen LogP contribution in [-0.4, -0.2) is 16.7 Å². The summed E-state index contributed by atoms with van der Waals surface area (Å²) >= 11 is 0. The molecule has 1 heterocycles. The lowest BCUT2D eigenvalue weighted by Crippen LogP contribution is -2.18. The van der Waals surface area contributed by atoms with Crippen LogP contribution in [0.3, 0.4) is 0 Å². The zero-order chi connectivity index (χ0) is 14.0. The second-order valence-electron chi connectivity index (χ2n) is 5.01. The zero-order valence-electron chi connectivity index (χ0n) is 11.4. The van der Waals surface area contributed by atoms with E-state index in [0.717, 1.165) is 5.56 Å². The summed E-state index contributed by atoms with van der Waals surface area (Å²) in [6, 6.07) is 4.75. The maximum Gasteiger partial charge on any atom is 0.231 e. The molecule has 2 N–H and O–H groups in total. The Labute approximate surface area is 111 Å². The van der Waals surface area contributed by atoms with Gasteiger partial charge in [0, 0.05) is 12.1 Å². The Balaban J connectivity index is 2.32. The molecule has 0 aliphatic rings. The van der Waals surface area contributed by atoms with Gasteiger partial charge in [0.25, 0.3) is 0 Å². The van der Waals surface area contributed by atoms with E-state index in [4.69, 9.17) is 10.3 Å². The third kappa shape index (κ3) is 2.81. The minimum absolute atomic E-state index is 0.0443. The van der Waals surface area contributed by atoms with Crippen LogP contribution in [0.4, 0.5) is 4.39 Å². The molecule has 2 aromatic rings. The number of halogens is 1. The average Bonchev–Trinajstić information content (AvgIpc) is 2.82. The Hall–Kier alpha value is -1.75. The van der Waals surface area contributed by atoms with Gasteiger partial charge in [0.2, 0.25) is 11.7 Å². The molecule has 2 rings (SSSR count). The molecule has 0 fully saturated rings. The van der Waals surface area contributed by atoms with E-state index in [1.807, 2.05) is 0 Å². The molecule has 0 saturated carbocycles. The second-order valence-corrected chi connectivity index (χ2v) is 5.01. The van der Waals surface area contributed by atoms with Crippen molar-refractivity contribution in [3.8, 4) is 11.4 Å². The number of hydrogen-bond acceptors (Lipinski definition) is 4. The molecule has 1 atom stereocenters. The Morgan fingerprint density at radius 1 is 1.37 bits per heavy atom. The van der Waals surface area contributed by atoms with E-state index in [0.29, 0.717) is 29.7 Å². The number of aromatic nitrogens is 2. The highest BCUT2D eigenvalue weighted by molar-refractivity contribution is 5.55. The highest BCUT2D eigenvalue weighted by Gasteiger charge is 2.21. The van der Waals surface area contributed by atoms with Crippen LogP contribution in [-0.2, 0) is 0 Å². The van der Waals surface area contributed by atoms with Gasteiger partial charge in [0.05, 0.1) is 5.92 Å². The molecule has 0 amide bonds. The number of nitrogens with two attached hydrogens (primary N) is 1. The van der Waals surface area contributed by atoms with Gasteiger partial charge in [0.1, 0.15) is 5.82 Å². The third-order valence-electron chi connectivity index (χ3n) is 3.23. The van der Waals surface area contributed by atoms with Crippen molar-refractivity contribution in [3.63, 3.8) is 0 Å². The summed E-state index contributed by atoms with van der Waals surface area (Å²) in [7, 11) is 0. The monoisotopic (exact) mass is 263 g/mol. The summed E-state index contributed by atoms with van der Waals surface area (Å²) in [5.74, 6) is 1.14. The van der Waals surface area contributed by atoms with Crippen LogP contribution in [0.25, 0.3) is 11.4 Å². The first-order chi connectivity index (χ1) is 9.02. The molecule has 0 radical (unpaired) electrons. The SMILES string of the molecule is Cc1cc(-c2noc(C(CN)C(C)C)n2)ccc1F. The van der Waals surface area contributed by atoms with Crippen molar-refractivity contribution in [2.24, 2.45) is 11.7 Å². The predicted molar refractivity (Wildman–Crippen MR) is 71.1 cm³/mol. The summed E-state index contributed by atoms with van der Waals surface area (Å²) in [5, 5.41) is 3.94. The molecule has 1 aromatic heterocycles. The highest BCUT2D eigenvalue weighted by atomic mass is 19.1. The lowest BCUT2D eigenvalue weighted by molar-refractivity contribution is 0.324. The lowest BCUT2D eigenvalue weighted by atomic mass is 9.96. The van der Waals surface area contributed by atoms with Crippen molar-refractivity contribution in [1.82, 2.24) is 10.1 Å². The number of aryl methyl sites for hydroxylation is 1. The number of benzene rings is 1. The Kier molecular flexibility index (Phi) is 3.95. The molecule has 19 heavy (non-hydrogen) atoms. The maximum atomic E-state index is 13.2. The third-order valence-corrected chi connectivity index (χ3v) is 3.23. The van der Waals surface area contributed by atoms with E-state index in [-0.39, 0.29) is 11.7 Å². The molecule has 0 bridgehead atoms. The fourth-order valence-corrected chi connectivity index (χ4v) is 1.94. The molecule has 102 valence electrons. The van der Waals surface area contributed by atoms with Crippen molar-refractivity contribution in [1.29, 1.82) is 0 Å². The Bertz CT molecular complexity index is 566. The average molecular weight is 263 g/mol. The van der Waals surface area contributed by atoms with E-state index in [9.17, 15) is 4.39 Å². The molecule has 5 heteroatoms. The second kappa shape index (κ2) is 5.48. The first-order valence-electron chi connectivity index (χ1n) is 6.33. The minimum Gasteiger partial charge on any atom is -0.339 e. The topological polar surface area (TPSA) is 64.9 Å². The van der Waals surface area contributed by atoms with E-state index in [1.165, 1.54) is 6.07 Å². The van der Waals surface area contributed by atoms with Gasteiger partial charge in [-0.05, 0) is 36.6 Å². The quantitative estimate of drug-likeness (QED) is 0.921. The summed E-state index contributed by atoms with van der Waals surface area (Å²) in [4.78, 5) is 4.36. The lowest BCUT2D eigenvalue weighted by Gasteiger charge is -2.13. The molecule has 1 aromatic carbocycles. The highest BCUT2D eigenvalue weighted by Crippen LogP contribution is 2.25. The molecule has 0 aliphatic carbocycles. The number of nitrogens with zero attached hydrogens (tertiary/aromatic N) is 2. The van der Waals surface area contributed by atoms with Crippen LogP contribution in [0.2, 0.25) is 0 Å². The Morgan fingerprint density at radius 2 is 2.11 bits per heavy atom. The fourth-order valence-electron chi connectivity index (χ4n) is 1.94. The standard InChI is InChI=1S/C14H18FN3O/c1-8(2)11(7-16)14-17-13(18-19-14)10-4-5-12(15)9(3)6-10/h4-6,8,11H,7,16H2,1-3H3. The van der Waals surface area contributed by atoms with Gasteiger partial charge in [-0.25, -0.2) is 4.39 Å². The van der Waals surface area contributed by atoms with Crippen molar-refractivity contribution < 1.29 is 8.91 Å². The van der Waals surface area contributed by atoms with Gasteiger partial charge in [-0.3, -0.25) is 0 Å². The van der Waals surface area contributed by atoms with Crippen LogP contribution in [0, 0.1) is 18.7 Å². The Morgan fingerprint density at radius 3 is 2.68 bits per heavy atom. The molecule has 0 spiro atoms. The largest absolute Gasteiger partial charge is 0.339 e. The van der Waals surface area contributed by atoms with E-state index >= 15 is 0 Å². The smallest absolute Gasteiger partial charge is 0.231 e. The van der Waals surface area contributed by atoms with Crippen LogP contribution in [0.1, 0.15) is 31.2 Å². The van der Waals surface area contributed by atoms with Crippen molar-refractivity contribution in [2.45, 2.75) is 26.7 Å². The summed E-state index contributed by atoms with van der Waals surface area (Å²) in [5.41, 5.74) is 7.02. The number of rotatable bonds is 4. The van der Waals surface area contributed by atoms with E-state index < -0.39 is 0 Å². The zero-order valence-corrected chi connectivity index (χ0v) is 11.4. The predicted octanol–water partition coefficient (Wildman–Crippen LogP) is 2.88. The van der Waals surface area contributed by atoms with Gasteiger partial charge in [-0.15, -0.1) is 0 Å². The summed E-state index contributed by atoms with van der Waals surface area (Å²) in [6.07, 6.45) is 0. The van der Waals surface area contributed by atoms with E-state index in [1.54, 1.807) is 19.1 Å². The molecule has 1 unspecified atom stereocenters. The molecule has 0 aliphatic heterocycles. The number of hydrogen-bond donors (Lipinski definition) is 1. The van der Waals surface area contributed by atoms with Crippen LogP contribution in [0.15, 0.2) is 22.7 Å². The van der Waals surface area contributed by atoms with Crippen molar-refractivity contribution in [3.05, 3.63) is 35.5 Å². The van der Waals surface area contributed by atoms with Crippen LogP contribution >= 0.6 is 0 Å². The molecule has 4 nitrogen and oxygen atoms in total.